The summed E-state index contributed by atoms with van der Waals surface area (Å²) < 4.78 is 8.05. The molecule has 3 rings (SSSR count). The zero-order valence-electron chi connectivity index (χ0n) is 13.0. The lowest BCUT2D eigenvalue weighted by Gasteiger charge is -2.16. The second-order valence-corrected chi connectivity index (χ2v) is 6.21. The highest BCUT2D eigenvalue weighted by Gasteiger charge is 2.21. The normalized spacial score (nSPS) is 10.7. The van der Waals surface area contributed by atoms with E-state index in [4.69, 9.17) is 10.5 Å². The van der Waals surface area contributed by atoms with Crippen LogP contribution in [0.3, 0.4) is 0 Å². The van der Waals surface area contributed by atoms with Crippen LogP contribution in [-0.2, 0) is 0 Å². The van der Waals surface area contributed by atoms with Crippen LogP contribution >= 0.6 is 15.9 Å². The van der Waals surface area contributed by atoms with Crippen LogP contribution in [0, 0.1) is 25.2 Å². The summed E-state index contributed by atoms with van der Waals surface area (Å²) in [5, 5.41) is 10.2. The number of hydrogen-bond donors (Lipinski definition) is 1. The molecule has 0 spiro atoms. The Balaban J connectivity index is 2.48. The molecule has 5 nitrogen and oxygen atoms in total. The predicted octanol–water partition coefficient (Wildman–Crippen LogP) is 3.87. The average molecular weight is 371 g/mol. The number of anilines is 1. The Bertz CT molecular complexity index is 969. The number of fused-ring (bicyclic) bond motifs is 1. The van der Waals surface area contributed by atoms with E-state index in [1.807, 2.05) is 36.6 Å². The molecule has 2 aromatic heterocycles. The van der Waals surface area contributed by atoms with Gasteiger partial charge in [0.2, 0.25) is 0 Å². The van der Waals surface area contributed by atoms with E-state index in [0.29, 0.717) is 17.0 Å². The van der Waals surface area contributed by atoms with E-state index in [1.165, 1.54) is 0 Å². The number of benzene rings is 1. The van der Waals surface area contributed by atoms with Crippen LogP contribution in [0.25, 0.3) is 16.7 Å². The third-order valence-electron chi connectivity index (χ3n) is 3.95. The van der Waals surface area contributed by atoms with E-state index < -0.39 is 0 Å². The molecule has 1 aromatic carbocycles. The van der Waals surface area contributed by atoms with Crippen molar-refractivity contribution in [1.82, 2.24) is 9.55 Å². The van der Waals surface area contributed by atoms with Crippen molar-refractivity contribution in [2.24, 2.45) is 0 Å². The smallest absolute Gasteiger partial charge is 0.147 e. The molecule has 0 atom stereocenters. The second kappa shape index (κ2) is 5.60. The summed E-state index contributed by atoms with van der Waals surface area (Å²) in [6, 6.07) is 7.94. The lowest BCUT2D eigenvalue weighted by atomic mass is 10.1. The molecule has 0 amide bonds. The molecule has 3 aromatic rings. The molecule has 0 unspecified atom stereocenters. The highest BCUT2D eigenvalue weighted by atomic mass is 79.9. The van der Waals surface area contributed by atoms with Gasteiger partial charge in [0.25, 0.3) is 0 Å². The van der Waals surface area contributed by atoms with Crippen LogP contribution in [0.15, 0.2) is 28.9 Å². The minimum absolute atomic E-state index is 0.382. The number of aromatic nitrogens is 2. The van der Waals surface area contributed by atoms with Gasteiger partial charge in [0.15, 0.2) is 0 Å². The van der Waals surface area contributed by atoms with E-state index in [1.54, 1.807) is 13.3 Å². The molecule has 2 heterocycles. The minimum Gasteiger partial charge on any atom is -0.496 e. The standard InChI is InChI=1S/C17H15BrN4O/c1-9-4-5-14(23-3)10(2)15(9)22-16(20)13(7-19)12-6-11(18)8-21-17(12)22/h4-6,8H,20H2,1-3H3. The van der Waals surface area contributed by atoms with Gasteiger partial charge in [-0.2, -0.15) is 5.26 Å². The van der Waals surface area contributed by atoms with Crippen molar-refractivity contribution in [3.63, 3.8) is 0 Å². The highest BCUT2D eigenvalue weighted by molar-refractivity contribution is 9.10. The number of nitrogens with two attached hydrogens (primary N) is 1. The Morgan fingerprint density at radius 3 is 2.74 bits per heavy atom. The second-order valence-electron chi connectivity index (χ2n) is 5.29. The topological polar surface area (TPSA) is 76.9 Å². The first-order valence-electron chi connectivity index (χ1n) is 6.99. The Kier molecular flexibility index (Phi) is 3.74. The van der Waals surface area contributed by atoms with Gasteiger partial charge in [-0.1, -0.05) is 6.07 Å². The van der Waals surface area contributed by atoms with Crippen LogP contribution in [-0.4, -0.2) is 16.7 Å². The van der Waals surface area contributed by atoms with Gasteiger partial charge in [-0.05, 0) is 47.5 Å². The molecule has 6 heteroatoms. The molecule has 0 fully saturated rings. The van der Waals surface area contributed by atoms with Crippen molar-refractivity contribution in [2.45, 2.75) is 13.8 Å². The number of nitrogen functional groups attached to an aromatic ring is 1. The quantitative estimate of drug-likeness (QED) is 0.742. The summed E-state index contributed by atoms with van der Waals surface area (Å²) in [4.78, 5) is 4.47. The number of aryl methyl sites for hydroxylation is 1. The van der Waals surface area contributed by atoms with Crippen molar-refractivity contribution in [1.29, 1.82) is 5.26 Å². The van der Waals surface area contributed by atoms with Gasteiger partial charge in [-0.25, -0.2) is 4.98 Å². The zero-order chi connectivity index (χ0) is 16.7. The third-order valence-corrected chi connectivity index (χ3v) is 4.38. The Morgan fingerprint density at radius 2 is 2.09 bits per heavy atom. The maximum absolute atomic E-state index is 9.50. The predicted molar refractivity (Wildman–Crippen MR) is 93.9 cm³/mol. The number of halogens is 1. The molecule has 0 saturated carbocycles. The zero-order valence-corrected chi connectivity index (χ0v) is 14.6. The molecule has 2 N–H and O–H groups in total. The van der Waals surface area contributed by atoms with Gasteiger partial charge >= 0.3 is 0 Å². The number of ether oxygens (including phenoxy) is 1. The van der Waals surface area contributed by atoms with Crippen LogP contribution in [0.2, 0.25) is 0 Å². The van der Waals surface area contributed by atoms with Crippen molar-refractivity contribution < 1.29 is 4.74 Å². The van der Waals surface area contributed by atoms with Gasteiger partial charge in [0, 0.05) is 21.6 Å². The maximum Gasteiger partial charge on any atom is 0.147 e. The fraction of sp³-hybridized carbons (Fsp3) is 0.176. The first-order chi connectivity index (χ1) is 11.0. The van der Waals surface area contributed by atoms with E-state index in [9.17, 15) is 5.26 Å². The van der Waals surface area contributed by atoms with E-state index >= 15 is 0 Å². The van der Waals surface area contributed by atoms with Crippen molar-refractivity contribution in [3.05, 3.63) is 45.6 Å². The van der Waals surface area contributed by atoms with Gasteiger partial charge in [-0.15, -0.1) is 0 Å². The van der Waals surface area contributed by atoms with E-state index in [2.05, 4.69) is 27.0 Å². The Morgan fingerprint density at radius 1 is 1.35 bits per heavy atom. The molecular formula is C17H15BrN4O. The molecule has 0 saturated heterocycles. The van der Waals surface area contributed by atoms with Crippen LogP contribution in [0.4, 0.5) is 5.82 Å². The molecule has 23 heavy (non-hydrogen) atoms. The first kappa shape index (κ1) is 15.4. The first-order valence-corrected chi connectivity index (χ1v) is 7.79. The number of methoxy groups -OCH3 is 1. The number of nitrogens with zero attached hydrogens (tertiary/aromatic N) is 3. The van der Waals surface area contributed by atoms with Crippen molar-refractivity contribution >= 4 is 32.8 Å². The van der Waals surface area contributed by atoms with Crippen molar-refractivity contribution in [3.8, 4) is 17.5 Å². The van der Waals surface area contributed by atoms with Crippen LogP contribution < -0.4 is 10.5 Å². The van der Waals surface area contributed by atoms with E-state index in [-0.39, 0.29) is 0 Å². The lowest BCUT2D eigenvalue weighted by Crippen LogP contribution is -2.06. The monoisotopic (exact) mass is 370 g/mol. The molecule has 116 valence electrons. The van der Waals surface area contributed by atoms with Gasteiger partial charge < -0.3 is 10.5 Å². The molecule has 0 radical (unpaired) electrons. The van der Waals surface area contributed by atoms with Gasteiger partial charge in [0.1, 0.15) is 28.8 Å². The third kappa shape index (κ3) is 2.25. The largest absolute Gasteiger partial charge is 0.496 e. The fourth-order valence-corrected chi connectivity index (χ4v) is 3.22. The molecular weight excluding hydrogens is 356 g/mol. The summed E-state index contributed by atoms with van der Waals surface area (Å²) >= 11 is 3.40. The fourth-order valence-electron chi connectivity index (χ4n) is 2.88. The lowest BCUT2D eigenvalue weighted by molar-refractivity contribution is 0.411. The Labute approximate surface area is 142 Å². The van der Waals surface area contributed by atoms with Gasteiger partial charge in [0.05, 0.1) is 12.8 Å². The number of nitriles is 1. The van der Waals surface area contributed by atoms with Crippen molar-refractivity contribution in [2.75, 3.05) is 12.8 Å². The summed E-state index contributed by atoms with van der Waals surface area (Å²) in [5.74, 6) is 1.15. The maximum atomic E-state index is 9.50. The Hall–Kier alpha value is -2.52. The summed E-state index contributed by atoms with van der Waals surface area (Å²) in [6.45, 7) is 3.97. The number of rotatable bonds is 2. The average Bonchev–Trinajstić information content (AvgIpc) is 2.79. The van der Waals surface area contributed by atoms with Crippen LogP contribution in [0.1, 0.15) is 16.7 Å². The van der Waals surface area contributed by atoms with Crippen LogP contribution in [0.5, 0.6) is 5.75 Å². The summed E-state index contributed by atoms with van der Waals surface area (Å²) in [5.41, 5.74) is 10.2. The van der Waals surface area contributed by atoms with E-state index in [0.717, 1.165) is 32.4 Å². The molecule has 0 aliphatic carbocycles. The van der Waals surface area contributed by atoms with Gasteiger partial charge in [-0.3, -0.25) is 4.57 Å². The molecule has 0 aliphatic heterocycles. The molecule has 0 bridgehead atoms. The highest BCUT2D eigenvalue weighted by Crippen LogP contribution is 2.36. The molecule has 0 aliphatic rings. The number of hydrogen-bond acceptors (Lipinski definition) is 4. The SMILES string of the molecule is COc1ccc(C)c(-n2c(N)c(C#N)c3cc(Br)cnc32)c1C. The summed E-state index contributed by atoms with van der Waals surface area (Å²) in [6.07, 6.45) is 1.70. The number of pyridine rings is 1. The summed E-state index contributed by atoms with van der Waals surface area (Å²) in [7, 11) is 1.63. The minimum atomic E-state index is 0.382.